The molecule has 0 radical (unpaired) electrons. The standard InChI is InChI=1S/C29H24N4O10S/c1-5-42-28(35)25-15(2)30-29-31(26(25)21-10-9-20(43-21)16-7-6-8-18(11-16)32(36)37)27(34)24(44-29)13-17-12-19(33(38)39)23(41-4)14-22(17)40-3/h6-14,26H,5H2,1-4H3/b24-13-/t26-/m0/s1. The SMILES string of the molecule is CCOC(=O)C1=C(C)N=c2s/c(=C\c3cc([N+](=O)[O-])c(OC)cc3OC)c(=O)n2[C@H]1c1ccc(-c2cccc([N+](=O)[O-])c2)o1. The molecule has 44 heavy (non-hydrogen) atoms. The van der Waals surface area contributed by atoms with E-state index in [2.05, 4.69) is 4.99 Å². The van der Waals surface area contributed by atoms with E-state index in [0.717, 1.165) is 11.3 Å². The minimum absolute atomic E-state index is 0.0162. The summed E-state index contributed by atoms with van der Waals surface area (Å²) in [5.74, 6) is -0.0229. The third-order valence-electron chi connectivity index (χ3n) is 6.77. The second kappa shape index (κ2) is 12.0. The lowest BCUT2D eigenvalue weighted by atomic mass is 10.0. The molecule has 15 heteroatoms. The van der Waals surface area contributed by atoms with E-state index in [9.17, 15) is 29.8 Å². The lowest BCUT2D eigenvalue weighted by Crippen LogP contribution is -2.39. The molecule has 0 saturated carbocycles. The summed E-state index contributed by atoms with van der Waals surface area (Å²) >= 11 is 1.01. The molecule has 2 aromatic heterocycles. The molecule has 0 spiro atoms. The molecule has 5 rings (SSSR count). The Morgan fingerprint density at radius 2 is 1.84 bits per heavy atom. The number of furan rings is 1. The average molecular weight is 621 g/mol. The van der Waals surface area contributed by atoms with Crippen LogP contribution in [0.5, 0.6) is 11.5 Å². The molecule has 0 aliphatic carbocycles. The van der Waals surface area contributed by atoms with Gasteiger partial charge in [0.25, 0.3) is 11.2 Å². The minimum Gasteiger partial charge on any atom is -0.496 e. The molecule has 0 amide bonds. The van der Waals surface area contributed by atoms with Gasteiger partial charge in [0.15, 0.2) is 4.80 Å². The fourth-order valence-corrected chi connectivity index (χ4v) is 5.83. The van der Waals surface area contributed by atoms with E-state index in [0.29, 0.717) is 11.3 Å². The molecule has 2 aromatic carbocycles. The first kappa shape index (κ1) is 29.9. The fourth-order valence-electron chi connectivity index (χ4n) is 4.79. The Labute approximate surface area is 252 Å². The highest BCUT2D eigenvalue weighted by molar-refractivity contribution is 7.07. The lowest BCUT2D eigenvalue weighted by Gasteiger charge is -2.22. The van der Waals surface area contributed by atoms with Gasteiger partial charge in [0.05, 0.1) is 46.5 Å². The number of fused-ring (bicyclic) bond motifs is 1. The summed E-state index contributed by atoms with van der Waals surface area (Å²) in [5, 5.41) is 23.0. The Kier molecular flexibility index (Phi) is 8.13. The predicted molar refractivity (Wildman–Crippen MR) is 157 cm³/mol. The maximum Gasteiger partial charge on any atom is 0.338 e. The number of aromatic nitrogens is 1. The van der Waals surface area contributed by atoms with Gasteiger partial charge in [0.2, 0.25) is 5.75 Å². The van der Waals surface area contributed by atoms with Gasteiger partial charge in [0, 0.05) is 35.4 Å². The zero-order chi connectivity index (χ0) is 31.7. The van der Waals surface area contributed by atoms with Crippen LogP contribution in [0.25, 0.3) is 17.4 Å². The number of carbonyl (C=O) groups excluding carboxylic acids is 1. The van der Waals surface area contributed by atoms with Crippen LogP contribution in [0, 0.1) is 20.2 Å². The van der Waals surface area contributed by atoms with Gasteiger partial charge in [0.1, 0.15) is 23.3 Å². The van der Waals surface area contributed by atoms with E-state index < -0.39 is 27.4 Å². The molecule has 0 fully saturated rings. The number of nitrogens with zero attached hydrogens (tertiary/aromatic N) is 4. The van der Waals surface area contributed by atoms with Crippen molar-refractivity contribution in [3.63, 3.8) is 0 Å². The molecule has 1 aliphatic rings. The molecule has 0 saturated heterocycles. The second-order valence-corrected chi connectivity index (χ2v) is 10.3. The molecule has 226 valence electrons. The number of hydrogen-bond acceptors (Lipinski definition) is 12. The summed E-state index contributed by atoms with van der Waals surface area (Å²) in [6.45, 7) is 3.32. The van der Waals surface area contributed by atoms with Crippen LogP contribution in [-0.4, -0.2) is 41.2 Å². The number of benzene rings is 2. The number of allylic oxidation sites excluding steroid dienone is 1. The number of thiazole rings is 1. The molecule has 0 unspecified atom stereocenters. The van der Waals surface area contributed by atoms with Crippen LogP contribution in [0.3, 0.4) is 0 Å². The van der Waals surface area contributed by atoms with Crippen molar-refractivity contribution in [3.05, 3.63) is 111 Å². The molecular weight excluding hydrogens is 596 g/mol. The molecule has 1 aliphatic heterocycles. The monoisotopic (exact) mass is 620 g/mol. The van der Waals surface area contributed by atoms with Gasteiger partial charge in [-0.1, -0.05) is 23.5 Å². The van der Waals surface area contributed by atoms with Crippen molar-refractivity contribution in [2.75, 3.05) is 20.8 Å². The van der Waals surface area contributed by atoms with Crippen molar-refractivity contribution in [1.29, 1.82) is 0 Å². The number of nitro benzene ring substituents is 2. The Balaban J connectivity index is 1.71. The maximum absolute atomic E-state index is 14.0. The van der Waals surface area contributed by atoms with Crippen LogP contribution in [0.2, 0.25) is 0 Å². The van der Waals surface area contributed by atoms with Crippen molar-refractivity contribution >= 4 is 34.8 Å². The third kappa shape index (κ3) is 5.35. The van der Waals surface area contributed by atoms with Gasteiger partial charge in [-0.15, -0.1) is 0 Å². The first-order valence-electron chi connectivity index (χ1n) is 13.0. The molecule has 3 heterocycles. The molecule has 0 N–H and O–H groups in total. The number of nitro groups is 2. The maximum atomic E-state index is 14.0. The molecular formula is C29H24N4O10S. The number of non-ortho nitro benzene ring substituents is 1. The highest BCUT2D eigenvalue weighted by Gasteiger charge is 2.35. The Bertz CT molecular complexity index is 2040. The van der Waals surface area contributed by atoms with Crippen LogP contribution in [0.15, 0.2) is 74.0 Å². The van der Waals surface area contributed by atoms with Crippen LogP contribution in [-0.2, 0) is 9.53 Å². The molecule has 1 atom stereocenters. The summed E-state index contributed by atoms with van der Waals surface area (Å²) in [7, 11) is 2.67. The van der Waals surface area contributed by atoms with Crippen molar-refractivity contribution < 1.29 is 33.3 Å². The molecule has 14 nitrogen and oxygen atoms in total. The topological polar surface area (TPSA) is 179 Å². The highest BCUT2D eigenvalue weighted by atomic mass is 32.1. The zero-order valence-corrected chi connectivity index (χ0v) is 24.6. The van der Waals surface area contributed by atoms with Crippen LogP contribution < -0.4 is 24.4 Å². The summed E-state index contributed by atoms with van der Waals surface area (Å²) < 4.78 is 23.4. The molecule has 4 aromatic rings. The van der Waals surface area contributed by atoms with Gasteiger partial charge in [-0.05, 0) is 32.1 Å². The normalized spacial score (nSPS) is 14.5. The van der Waals surface area contributed by atoms with Crippen molar-refractivity contribution in [3.8, 4) is 22.8 Å². The Morgan fingerprint density at radius 1 is 1.09 bits per heavy atom. The van der Waals surface area contributed by atoms with E-state index >= 15 is 0 Å². The van der Waals surface area contributed by atoms with Gasteiger partial charge in [-0.3, -0.25) is 29.6 Å². The van der Waals surface area contributed by atoms with E-state index in [-0.39, 0.29) is 61.5 Å². The van der Waals surface area contributed by atoms with Crippen molar-refractivity contribution in [2.45, 2.75) is 19.9 Å². The highest BCUT2D eigenvalue weighted by Crippen LogP contribution is 2.36. The van der Waals surface area contributed by atoms with Gasteiger partial charge in [-0.2, -0.15) is 0 Å². The first-order chi connectivity index (χ1) is 21.1. The Hall–Kier alpha value is -5.57. The van der Waals surface area contributed by atoms with E-state index in [1.807, 2.05) is 0 Å². The van der Waals surface area contributed by atoms with Gasteiger partial charge < -0.3 is 18.6 Å². The lowest BCUT2D eigenvalue weighted by molar-refractivity contribution is -0.385. The minimum atomic E-state index is -1.09. The van der Waals surface area contributed by atoms with E-state index in [4.69, 9.17) is 18.6 Å². The van der Waals surface area contributed by atoms with Crippen LogP contribution in [0.1, 0.15) is 31.2 Å². The summed E-state index contributed by atoms with van der Waals surface area (Å²) in [6.07, 6.45) is 1.44. The van der Waals surface area contributed by atoms with Crippen LogP contribution in [0.4, 0.5) is 11.4 Å². The fraction of sp³-hybridized carbons (Fsp3) is 0.207. The number of methoxy groups -OCH3 is 2. The first-order valence-corrected chi connectivity index (χ1v) is 13.8. The smallest absolute Gasteiger partial charge is 0.338 e. The quantitative estimate of drug-likeness (QED) is 0.151. The van der Waals surface area contributed by atoms with Gasteiger partial charge >= 0.3 is 11.7 Å². The summed E-state index contributed by atoms with van der Waals surface area (Å²) in [4.78, 5) is 53.7. The predicted octanol–water partition coefficient (Wildman–Crippen LogP) is 3.89. The van der Waals surface area contributed by atoms with Gasteiger partial charge in [-0.25, -0.2) is 9.79 Å². The average Bonchev–Trinajstić information content (AvgIpc) is 3.61. The largest absolute Gasteiger partial charge is 0.496 e. The number of hydrogen-bond donors (Lipinski definition) is 0. The van der Waals surface area contributed by atoms with E-state index in [1.54, 1.807) is 32.0 Å². The van der Waals surface area contributed by atoms with Crippen molar-refractivity contribution in [1.82, 2.24) is 4.57 Å². The van der Waals surface area contributed by atoms with E-state index in [1.165, 1.54) is 55.2 Å². The number of carbonyl (C=O) groups is 1. The number of ether oxygens (including phenoxy) is 3. The second-order valence-electron chi connectivity index (χ2n) is 9.33. The van der Waals surface area contributed by atoms with Crippen molar-refractivity contribution in [2.24, 2.45) is 4.99 Å². The summed E-state index contributed by atoms with van der Waals surface area (Å²) in [5.41, 5.74) is 0.0246. The molecule has 0 bridgehead atoms. The Morgan fingerprint density at radius 3 is 2.50 bits per heavy atom. The third-order valence-corrected chi connectivity index (χ3v) is 7.75. The number of esters is 1. The van der Waals surface area contributed by atoms with Crippen LogP contribution >= 0.6 is 11.3 Å². The number of rotatable bonds is 9. The zero-order valence-electron chi connectivity index (χ0n) is 23.8. The summed E-state index contributed by atoms with van der Waals surface area (Å²) in [6, 6.07) is 10.5.